The van der Waals surface area contributed by atoms with E-state index in [1.807, 2.05) is 30.3 Å². The third-order valence-corrected chi connectivity index (χ3v) is 5.09. The average Bonchev–Trinajstić information content (AvgIpc) is 2.60. The summed E-state index contributed by atoms with van der Waals surface area (Å²) in [6.07, 6.45) is 0. The van der Waals surface area contributed by atoms with Gasteiger partial charge in [-0.2, -0.15) is 0 Å². The van der Waals surface area contributed by atoms with Crippen LogP contribution in [0.3, 0.4) is 0 Å². The molecule has 0 radical (unpaired) electrons. The zero-order valence-corrected chi connectivity index (χ0v) is 14.8. The van der Waals surface area contributed by atoms with Crippen molar-refractivity contribution in [3.63, 3.8) is 0 Å². The molecule has 1 unspecified atom stereocenters. The van der Waals surface area contributed by atoms with Crippen LogP contribution >= 0.6 is 7.60 Å². The minimum Gasteiger partial charge on any atom is -0.497 e. The third-order valence-electron chi connectivity index (χ3n) is 3.96. The quantitative estimate of drug-likeness (QED) is 0.449. The van der Waals surface area contributed by atoms with E-state index in [-0.39, 0.29) is 17.7 Å². The van der Waals surface area contributed by atoms with Crippen LogP contribution in [0, 0.1) is 0 Å². The molecular formula is C18H18NO6P. The van der Waals surface area contributed by atoms with Crippen LogP contribution in [0.4, 0.5) is 0 Å². The van der Waals surface area contributed by atoms with E-state index in [1.54, 1.807) is 12.1 Å². The number of hydrogen-bond donors (Lipinski definition) is 3. The molecule has 0 fully saturated rings. The van der Waals surface area contributed by atoms with E-state index in [0.717, 1.165) is 11.6 Å². The molecule has 3 rings (SSSR count). The minimum absolute atomic E-state index is 0.183. The molecule has 0 saturated carbocycles. The second-order valence-corrected chi connectivity index (χ2v) is 7.44. The number of methoxy groups -OCH3 is 1. The second-order valence-electron chi connectivity index (χ2n) is 5.74. The minimum atomic E-state index is -4.60. The molecule has 0 bridgehead atoms. The van der Waals surface area contributed by atoms with Gasteiger partial charge in [-0.1, -0.05) is 30.3 Å². The fourth-order valence-corrected chi connectivity index (χ4v) is 3.65. The largest absolute Gasteiger partial charge is 0.497 e. The SMILES string of the molecule is COc1ccc2c(C(NCc3ccccc3)P(=O)(O)O)cc(=O)oc2c1. The van der Waals surface area contributed by atoms with Crippen LogP contribution in [0.15, 0.2) is 63.8 Å². The van der Waals surface area contributed by atoms with Gasteiger partial charge in [0.15, 0.2) is 0 Å². The number of hydrogen-bond acceptors (Lipinski definition) is 5. The molecule has 26 heavy (non-hydrogen) atoms. The Balaban J connectivity index is 2.06. The summed E-state index contributed by atoms with van der Waals surface area (Å²) in [7, 11) is -3.13. The van der Waals surface area contributed by atoms with Crippen LogP contribution in [0.25, 0.3) is 11.0 Å². The lowest BCUT2D eigenvalue weighted by atomic mass is 10.1. The molecule has 7 nitrogen and oxygen atoms in total. The summed E-state index contributed by atoms with van der Waals surface area (Å²) in [5.41, 5.74) is 0.551. The summed E-state index contributed by atoms with van der Waals surface area (Å²) in [5, 5.41) is 3.30. The van der Waals surface area contributed by atoms with E-state index < -0.39 is 19.0 Å². The molecule has 136 valence electrons. The van der Waals surface area contributed by atoms with Crippen LogP contribution < -0.4 is 15.7 Å². The van der Waals surface area contributed by atoms with Gasteiger partial charge in [0, 0.05) is 24.1 Å². The average molecular weight is 375 g/mol. The van der Waals surface area contributed by atoms with Gasteiger partial charge in [-0.05, 0) is 23.3 Å². The van der Waals surface area contributed by atoms with Crippen molar-refractivity contribution in [1.82, 2.24) is 5.32 Å². The van der Waals surface area contributed by atoms with Crippen LogP contribution in [0.1, 0.15) is 16.9 Å². The van der Waals surface area contributed by atoms with Gasteiger partial charge in [0.25, 0.3) is 0 Å². The Morgan fingerprint density at radius 1 is 1.15 bits per heavy atom. The molecule has 0 spiro atoms. The molecular weight excluding hydrogens is 357 g/mol. The van der Waals surface area contributed by atoms with Crippen molar-refractivity contribution in [1.29, 1.82) is 0 Å². The number of rotatable bonds is 6. The first kappa shape index (κ1) is 18.4. The fourth-order valence-electron chi connectivity index (χ4n) is 2.74. The Bertz CT molecular complexity index is 1010. The molecule has 1 heterocycles. The van der Waals surface area contributed by atoms with E-state index in [0.29, 0.717) is 11.1 Å². The molecule has 3 aromatic rings. The van der Waals surface area contributed by atoms with Crippen LogP contribution in [-0.2, 0) is 11.1 Å². The molecule has 3 N–H and O–H groups in total. The van der Waals surface area contributed by atoms with E-state index in [1.165, 1.54) is 13.2 Å². The maximum atomic E-state index is 12.1. The topological polar surface area (TPSA) is 109 Å². The fraction of sp³-hybridized carbons (Fsp3) is 0.167. The van der Waals surface area contributed by atoms with Crippen molar-refractivity contribution in [3.8, 4) is 5.75 Å². The summed E-state index contributed by atoms with van der Waals surface area (Å²) < 4.78 is 22.4. The predicted molar refractivity (Wildman–Crippen MR) is 97.1 cm³/mol. The van der Waals surface area contributed by atoms with Gasteiger partial charge in [-0.15, -0.1) is 0 Å². The Kier molecular flexibility index (Phi) is 5.25. The highest BCUT2D eigenvalue weighted by Crippen LogP contribution is 2.51. The summed E-state index contributed by atoms with van der Waals surface area (Å²) in [4.78, 5) is 31.6. The van der Waals surface area contributed by atoms with Crippen molar-refractivity contribution in [2.45, 2.75) is 12.3 Å². The van der Waals surface area contributed by atoms with Crippen LogP contribution in [-0.4, -0.2) is 16.9 Å². The first-order valence-corrected chi connectivity index (χ1v) is 9.51. The van der Waals surface area contributed by atoms with Crippen molar-refractivity contribution in [2.24, 2.45) is 0 Å². The lowest BCUT2D eigenvalue weighted by Gasteiger charge is -2.21. The summed E-state index contributed by atoms with van der Waals surface area (Å²) in [6, 6.07) is 15.1. The van der Waals surface area contributed by atoms with Crippen LogP contribution in [0.2, 0.25) is 0 Å². The van der Waals surface area contributed by atoms with Crippen molar-refractivity contribution in [2.75, 3.05) is 7.11 Å². The highest BCUT2D eigenvalue weighted by atomic mass is 31.2. The van der Waals surface area contributed by atoms with Gasteiger partial charge < -0.3 is 18.9 Å². The van der Waals surface area contributed by atoms with E-state index in [4.69, 9.17) is 9.15 Å². The Morgan fingerprint density at radius 2 is 1.88 bits per heavy atom. The van der Waals surface area contributed by atoms with Crippen molar-refractivity contribution < 1.29 is 23.5 Å². The monoisotopic (exact) mass is 375 g/mol. The second kappa shape index (κ2) is 7.43. The summed E-state index contributed by atoms with van der Waals surface area (Å²) in [5.74, 6) is -0.870. The standard InChI is InChI=1S/C18H18NO6P/c1-24-13-7-8-14-15(10-17(20)25-16(14)9-13)18(26(21,22)23)19-11-12-5-3-2-4-6-12/h2-10,18-19H,11H2,1H3,(H2,21,22,23). The van der Waals surface area contributed by atoms with Gasteiger partial charge in [0.05, 0.1) is 7.11 Å². The van der Waals surface area contributed by atoms with Gasteiger partial charge in [-0.25, -0.2) is 4.79 Å². The van der Waals surface area contributed by atoms with Gasteiger partial charge in [0.2, 0.25) is 0 Å². The van der Waals surface area contributed by atoms with Crippen molar-refractivity contribution >= 4 is 18.6 Å². The van der Waals surface area contributed by atoms with Gasteiger partial charge in [0.1, 0.15) is 17.1 Å². The lowest BCUT2D eigenvalue weighted by molar-refractivity contribution is 0.347. The Morgan fingerprint density at radius 3 is 2.54 bits per heavy atom. The molecule has 8 heteroatoms. The molecule has 0 aliphatic heterocycles. The molecule has 0 aliphatic rings. The van der Waals surface area contributed by atoms with E-state index >= 15 is 0 Å². The Labute approximate surface area is 149 Å². The molecule has 2 aromatic carbocycles. The molecule has 0 amide bonds. The Hall–Kier alpha value is -2.44. The van der Waals surface area contributed by atoms with Crippen molar-refractivity contribution in [3.05, 3.63) is 76.1 Å². The summed E-state index contributed by atoms with van der Waals surface area (Å²) in [6.45, 7) is 0.231. The van der Waals surface area contributed by atoms with Crippen LogP contribution in [0.5, 0.6) is 5.75 Å². The number of ether oxygens (including phenoxy) is 1. The zero-order chi connectivity index (χ0) is 18.7. The van der Waals surface area contributed by atoms with Gasteiger partial charge in [-0.3, -0.25) is 9.88 Å². The van der Waals surface area contributed by atoms with Gasteiger partial charge >= 0.3 is 13.2 Å². The predicted octanol–water partition coefficient (Wildman–Crippen LogP) is 2.77. The highest BCUT2D eigenvalue weighted by Gasteiger charge is 2.32. The number of nitrogens with one attached hydrogen (secondary N) is 1. The molecule has 1 aromatic heterocycles. The first-order valence-electron chi connectivity index (χ1n) is 7.83. The number of benzene rings is 2. The normalized spacial score (nSPS) is 12.9. The van der Waals surface area contributed by atoms with E-state index in [9.17, 15) is 19.1 Å². The molecule has 0 aliphatic carbocycles. The maximum absolute atomic E-state index is 12.1. The highest BCUT2D eigenvalue weighted by molar-refractivity contribution is 7.52. The lowest BCUT2D eigenvalue weighted by Crippen LogP contribution is -2.22. The summed E-state index contributed by atoms with van der Waals surface area (Å²) >= 11 is 0. The molecule has 1 atom stereocenters. The number of fused-ring (bicyclic) bond motifs is 1. The third kappa shape index (κ3) is 4.03. The maximum Gasteiger partial charge on any atom is 0.346 e. The van der Waals surface area contributed by atoms with E-state index in [2.05, 4.69) is 5.32 Å². The smallest absolute Gasteiger partial charge is 0.346 e. The first-order chi connectivity index (χ1) is 12.4. The zero-order valence-electron chi connectivity index (χ0n) is 14.0. The molecule has 0 saturated heterocycles.